The lowest BCUT2D eigenvalue weighted by Crippen LogP contribution is -2.37. The molecule has 33 heavy (non-hydrogen) atoms. The van der Waals surface area contributed by atoms with E-state index in [0.717, 1.165) is 0 Å². The number of hydrogen-bond donors (Lipinski definition) is 2. The first-order valence-corrected chi connectivity index (χ1v) is 10.3. The van der Waals surface area contributed by atoms with Crippen LogP contribution in [0.25, 0.3) is 0 Å². The average Bonchev–Trinajstić information content (AvgIpc) is 2.83. The molecule has 0 radical (unpaired) electrons. The molecule has 0 saturated heterocycles. The molecule has 3 amide bonds. The highest BCUT2D eigenvalue weighted by molar-refractivity contribution is 5.99. The van der Waals surface area contributed by atoms with E-state index in [4.69, 9.17) is 15.2 Å². The number of rotatable bonds is 9. The zero-order chi connectivity index (χ0) is 23.8. The van der Waals surface area contributed by atoms with Crippen molar-refractivity contribution in [2.45, 2.75) is 6.92 Å². The molecule has 0 unspecified atom stereocenters. The third kappa shape index (κ3) is 6.33. The Morgan fingerprint density at radius 3 is 2.03 bits per heavy atom. The molecule has 0 atom stereocenters. The van der Waals surface area contributed by atoms with Gasteiger partial charge in [-0.1, -0.05) is 6.07 Å². The van der Waals surface area contributed by atoms with Crippen molar-refractivity contribution in [2.24, 2.45) is 5.73 Å². The number of nitrogens with one attached hydrogen (secondary N) is 1. The maximum atomic E-state index is 12.9. The van der Waals surface area contributed by atoms with Gasteiger partial charge in [-0.05, 0) is 67.6 Å². The summed E-state index contributed by atoms with van der Waals surface area (Å²) in [7, 11) is 1.55. The molecule has 3 N–H and O–H groups in total. The highest BCUT2D eigenvalue weighted by atomic mass is 16.5. The van der Waals surface area contributed by atoms with E-state index in [1.807, 2.05) is 6.92 Å². The zero-order valence-electron chi connectivity index (χ0n) is 18.4. The van der Waals surface area contributed by atoms with Crippen LogP contribution in [-0.2, 0) is 4.79 Å². The molecule has 0 aliphatic heterocycles. The van der Waals surface area contributed by atoms with Crippen molar-refractivity contribution >= 4 is 23.4 Å². The second-order valence-electron chi connectivity index (χ2n) is 7.11. The molecular weight excluding hydrogens is 422 g/mol. The number of primary amides is 1. The molecule has 8 nitrogen and oxygen atoms in total. The van der Waals surface area contributed by atoms with Crippen LogP contribution in [0.2, 0.25) is 0 Å². The smallest absolute Gasteiger partial charge is 0.254 e. The molecule has 8 heteroatoms. The second kappa shape index (κ2) is 10.8. The van der Waals surface area contributed by atoms with Crippen molar-refractivity contribution < 1.29 is 23.9 Å². The van der Waals surface area contributed by atoms with E-state index in [9.17, 15) is 14.4 Å². The van der Waals surface area contributed by atoms with Crippen LogP contribution in [0.15, 0.2) is 72.8 Å². The van der Waals surface area contributed by atoms with Crippen LogP contribution in [0.5, 0.6) is 17.2 Å². The molecule has 0 saturated carbocycles. The van der Waals surface area contributed by atoms with E-state index in [-0.39, 0.29) is 18.4 Å². The van der Waals surface area contributed by atoms with Gasteiger partial charge in [-0.15, -0.1) is 0 Å². The van der Waals surface area contributed by atoms with Gasteiger partial charge in [0.15, 0.2) is 0 Å². The standard InChI is InChI=1S/C25H25N3O5/c1-3-28(16-23(29)27-19-5-4-6-22(15-19)32-2)25(31)18-9-13-21(14-10-18)33-20-11-7-17(8-12-20)24(26)30/h4-15H,3,16H2,1-2H3,(H2,26,30)(H,27,29). The van der Waals surface area contributed by atoms with Gasteiger partial charge in [0.1, 0.15) is 23.8 Å². The van der Waals surface area contributed by atoms with Gasteiger partial charge >= 0.3 is 0 Å². The van der Waals surface area contributed by atoms with Crippen molar-refractivity contribution in [3.05, 3.63) is 83.9 Å². The first-order valence-electron chi connectivity index (χ1n) is 10.3. The number of likely N-dealkylation sites (N-methyl/N-ethyl adjacent to an activating group) is 1. The minimum absolute atomic E-state index is 0.0863. The third-order valence-electron chi connectivity index (χ3n) is 4.83. The summed E-state index contributed by atoms with van der Waals surface area (Å²) in [5, 5.41) is 2.77. The molecule has 0 bridgehead atoms. The number of nitrogens with zero attached hydrogens (tertiary/aromatic N) is 1. The molecule has 0 fully saturated rings. The Labute approximate surface area is 191 Å². The lowest BCUT2D eigenvalue weighted by molar-refractivity contribution is -0.116. The van der Waals surface area contributed by atoms with Crippen molar-refractivity contribution in [3.8, 4) is 17.2 Å². The fourth-order valence-electron chi connectivity index (χ4n) is 3.07. The summed E-state index contributed by atoms with van der Waals surface area (Å²) in [5.41, 5.74) is 6.64. The summed E-state index contributed by atoms with van der Waals surface area (Å²) in [6, 6.07) is 20.0. The minimum Gasteiger partial charge on any atom is -0.497 e. The number of benzene rings is 3. The van der Waals surface area contributed by atoms with E-state index in [1.165, 1.54) is 4.90 Å². The Kier molecular flexibility index (Phi) is 7.64. The van der Waals surface area contributed by atoms with Gasteiger partial charge < -0.3 is 25.4 Å². The van der Waals surface area contributed by atoms with Crippen LogP contribution >= 0.6 is 0 Å². The summed E-state index contributed by atoms with van der Waals surface area (Å²) in [6.07, 6.45) is 0. The van der Waals surface area contributed by atoms with Crippen LogP contribution in [0.1, 0.15) is 27.6 Å². The van der Waals surface area contributed by atoms with Gasteiger partial charge in [0.2, 0.25) is 11.8 Å². The predicted molar refractivity (Wildman–Crippen MR) is 125 cm³/mol. The summed E-state index contributed by atoms with van der Waals surface area (Å²) in [6.45, 7) is 2.09. The number of methoxy groups -OCH3 is 1. The molecule has 0 aromatic heterocycles. The van der Waals surface area contributed by atoms with Crippen LogP contribution < -0.4 is 20.5 Å². The second-order valence-corrected chi connectivity index (χ2v) is 7.11. The van der Waals surface area contributed by atoms with Crippen molar-refractivity contribution in [3.63, 3.8) is 0 Å². The SMILES string of the molecule is CCN(CC(=O)Nc1cccc(OC)c1)C(=O)c1ccc(Oc2ccc(C(N)=O)cc2)cc1. The van der Waals surface area contributed by atoms with Gasteiger partial charge in [0.05, 0.1) is 7.11 Å². The fourth-order valence-corrected chi connectivity index (χ4v) is 3.07. The van der Waals surface area contributed by atoms with Crippen LogP contribution in [-0.4, -0.2) is 42.8 Å². The minimum atomic E-state index is -0.512. The van der Waals surface area contributed by atoms with E-state index in [2.05, 4.69) is 5.32 Å². The van der Waals surface area contributed by atoms with Gasteiger partial charge in [0.25, 0.3) is 5.91 Å². The quantitative estimate of drug-likeness (QED) is 0.520. The monoisotopic (exact) mass is 447 g/mol. The van der Waals surface area contributed by atoms with E-state index >= 15 is 0 Å². The van der Waals surface area contributed by atoms with Gasteiger partial charge in [0, 0.05) is 29.4 Å². The van der Waals surface area contributed by atoms with E-state index < -0.39 is 5.91 Å². The van der Waals surface area contributed by atoms with Crippen LogP contribution in [0, 0.1) is 0 Å². The van der Waals surface area contributed by atoms with Gasteiger partial charge in [-0.3, -0.25) is 14.4 Å². The zero-order valence-corrected chi connectivity index (χ0v) is 18.4. The molecule has 0 aliphatic carbocycles. The first kappa shape index (κ1) is 23.3. The molecule has 3 aromatic carbocycles. The van der Waals surface area contributed by atoms with Crippen molar-refractivity contribution in [2.75, 3.05) is 25.5 Å². The Hall–Kier alpha value is -4.33. The van der Waals surface area contributed by atoms with Crippen molar-refractivity contribution in [1.29, 1.82) is 0 Å². The summed E-state index contributed by atoms with van der Waals surface area (Å²) in [4.78, 5) is 37.9. The Bertz CT molecular complexity index is 1130. The highest BCUT2D eigenvalue weighted by Gasteiger charge is 2.18. The number of hydrogen-bond acceptors (Lipinski definition) is 5. The van der Waals surface area contributed by atoms with E-state index in [1.54, 1.807) is 79.9 Å². The molecule has 0 aliphatic rings. The number of amides is 3. The number of anilines is 1. The van der Waals surface area contributed by atoms with Crippen LogP contribution in [0.4, 0.5) is 5.69 Å². The summed E-state index contributed by atoms with van der Waals surface area (Å²) < 4.78 is 10.9. The first-order chi connectivity index (χ1) is 15.9. The van der Waals surface area contributed by atoms with Gasteiger partial charge in [-0.25, -0.2) is 0 Å². The average molecular weight is 447 g/mol. The fraction of sp³-hybridized carbons (Fsp3) is 0.160. The Morgan fingerprint density at radius 1 is 0.879 bits per heavy atom. The summed E-state index contributed by atoms with van der Waals surface area (Å²) in [5.74, 6) is 0.596. The van der Waals surface area contributed by atoms with Gasteiger partial charge in [-0.2, -0.15) is 0 Å². The van der Waals surface area contributed by atoms with E-state index in [0.29, 0.717) is 40.6 Å². The lowest BCUT2D eigenvalue weighted by Gasteiger charge is -2.20. The lowest BCUT2D eigenvalue weighted by atomic mass is 10.2. The topological polar surface area (TPSA) is 111 Å². The number of nitrogens with two attached hydrogens (primary N) is 1. The number of carbonyl (C=O) groups excluding carboxylic acids is 3. The normalized spacial score (nSPS) is 10.2. The molecule has 3 aromatic rings. The van der Waals surface area contributed by atoms with Crippen LogP contribution in [0.3, 0.4) is 0 Å². The maximum absolute atomic E-state index is 12.9. The number of carbonyl (C=O) groups is 3. The molecular formula is C25H25N3O5. The molecule has 3 rings (SSSR count). The molecule has 0 heterocycles. The third-order valence-corrected chi connectivity index (χ3v) is 4.83. The molecule has 0 spiro atoms. The van der Waals surface area contributed by atoms with Crippen molar-refractivity contribution in [1.82, 2.24) is 4.90 Å². The Balaban J connectivity index is 1.61. The maximum Gasteiger partial charge on any atom is 0.254 e. The number of ether oxygens (including phenoxy) is 2. The highest BCUT2D eigenvalue weighted by Crippen LogP contribution is 2.23. The molecule has 170 valence electrons. The largest absolute Gasteiger partial charge is 0.497 e. The summed E-state index contributed by atoms with van der Waals surface area (Å²) >= 11 is 0. The Morgan fingerprint density at radius 2 is 1.48 bits per heavy atom. The predicted octanol–water partition coefficient (Wildman–Crippen LogP) is 3.69.